The van der Waals surface area contributed by atoms with Gasteiger partial charge >= 0.3 is 6.09 Å². The summed E-state index contributed by atoms with van der Waals surface area (Å²) >= 11 is 0. The van der Waals surface area contributed by atoms with Gasteiger partial charge in [-0.15, -0.1) is 6.58 Å². The fourth-order valence-corrected chi connectivity index (χ4v) is 4.14. The molecule has 0 radical (unpaired) electrons. The molecular formula is C31H43N3O4. The molecule has 38 heavy (non-hydrogen) atoms. The van der Waals surface area contributed by atoms with Crippen LogP contribution in [0, 0.1) is 19.8 Å². The number of alkyl carbamates (subject to hydrolysis) is 1. The Morgan fingerprint density at radius 1 is 1.08 bits per heavy atom. The van der Waals surface area contributed by atoms with E-state index in [-0.39, 0.29) is 24.3 Å². The Morgan fingerprint density at radius 3 is 2.32 bits per heavy atom. The van der Waals surface area contributed by atoms with Crippen LogP contribution in [0.1, 0.15) is 69.3 Å². The summed E-state index contributed by atoms with van der Waals surface area (Å²) in [4.78, 5) is 42.2. The lowest BCUT2D eigenvalue weighted by Crippen LogP contribution is -2.55. The molecule has 3 unspecified atom stereocenters. The average Bonchev–Trinajstić information content (AvgIpc) is 2.86. The van der Waals surface area contributed by atoms with Crippen molar-refractivity contribution in [1.82, 2.24) is 15.5 Å². The van der Waals surface area contributed by atoms with E-state index < -0.39 is 23.8 Å². The number of aryl methyl sites for hydroxylation is 2. The van der Waals surface area contributed by atoms with E-state index in [1.54, 1.807) is 26.8 Å². The minimum Gasteiger partial charge on any atom is -0.444 e. The van der Waals surface area contributed by atoms with Crippen molar-refractivity contribution in [2.75, 3.05) is 6.54 Å². The number of nitrogens with zero attached hydrogens (tertiary/aromatic N) is 1. The first kappa shape index (κ1) is 30.6. The number of carbonyl (C=O) groups is 3. The zero-order valence-electron chi connectivity index (χ0n) is 23.8. The maximum absolute atomic E-state index is 14.2. The Kier molecular flexibility index (Phi) is 11.1. The lowest BCUT2D eigenvalue weighted by Gasteiger charge is -2.36. The quantitative estimate of drug-likeness (QED) is 0.376. The molecule has 2 N–H and O–H groups in total. The molecule has 0 aliphatic carbocycles. The molecule has 0 saturated heterocycles. The monoisotopic (exact) mass is 521 g/mol. The van der Waals surface area contributed by atoms with E-state index in [1.165, 1.54) is 4.90 Å². The van der Waals surface area contributed by atoms with Crippen LogP contribution in [-0.2, 0) is 20.9 Å². The van der Waals surface area contributed by atoms with Gasteiger partial charge in [0, 0.05) is 13.1 Å². The van der Waals surface area contributed by atoms with Crippen LogP contribution in [0.3, 0.4) is 0 Å². The van der Waals surface area contributed by atoms with E-state index in [1.807, 2.05) is 76.2 Å². The number of nitrogens with one attached hydrogen (secondary N) is 2. The molecule has 0 aliphatic rings. The number of carbonyl (C=O) groups excluding carboxylic acids is 3. The van der Waals surface area contributed by atoms with Crippen LogP contribution >= 0.6 is 0 Å². The van der Waals surface area contributed by atoms with Crippen molar-refractivity contribution in [3.05, 3.63) is 83.4 Å². The molecular weight excluding hydrogens is 478 g/mol. The standard InChI is InChI=1S/C31H43N3O4/c1-9-18-34(29(36)26(22(4)10-2)33-30(37)38-31(6,7)8)27(25-19-21(3)16-17-23(25)5)28(35)32-20-24-14-12-11-13-15-24/h9,11-17,19,22,26-27H,1,10,18,20H2,2-8H3,(H,32,35)(H,33,37). The number of benzene rings is 2. The van der Waals surface area contributed by atoms with Crippen molar-refractivity contribution < 1.29 is 19.1 Å². The molecule has 0 saturated carbocycles. The first-order valence-electron chi connectivity index (χ1n) is 13.2. The smallest absolute Gasteiger partial charge is 0.408 e. The molecule has 2 rings (SSSR count). The summed E-state index contributed by atoms with van der Waals surface area (Å²) in [7, 11) is 0. The topological polar surface area (TPSA) is 87.7 Å². The van der Waals surface area contributed by atoms with Crippen LogP contribution in [0.4, 0.5) is 4.79 Å². The minimum absolute atomic E-state index is 0.124. The molecule has 0 aromatic heterocycles. The highest BCUT2D eigenvalue weighted by Gasteiger charge is 2.38. The molecule has 0 spiro atoms. The molecule has 2 aromatic rings. The van der Waals surface area contributed by atoms with Crippen molar-refractivity contribution in [2.24, 2.45) is 5.92 Å². The van der Waals surface area contributed by atoms with Gasteiger partial charge in [0.25, 0.3) is 0 Å². The summed E-state index contributed by atoms with van der Waals surface area (Å²) < 4.78 is 5.45. The molecule has 0 aliphatic heterocycles. The second-order valence-corrected chi connectivity index (χ2v) is 10.8. The van der Waals surface area contributed by atoms with E-state index in [2.05, 4.69) is 17.2 Å². The fraction of sp³-hybridized carbons (Fsp3) is 0.452. The highest BCUT2D eigenvalue weighted by molar-refractivity contribution is 5.92. The maximum atomic E-state index is 14.2. The first-order valence-corrected chi connectivity index (χ1v) is 13.2. The van der Waals surface area contributed by atoms with E-state index in [0.29, 0.717) is 13.0 Å². The maximum Gasteiger partial charge on any atom is 0.408 e. The van der Waals surface area contributed by atoms with Gasteiger partial charge in [-0.25, -0.2) is 4.79 Å². The largest absolute Gasteiger partial charge is 0.444 e. The van der Waals surface area contributed by atoms with Gasteiger partial charge < -0.3 is 20.3 Å². The molecule has 2 aromatic carbocycles. The highest BCUT2D eigenvalue weighted by atomic mass is 16.6. The average molecular weight is 522 g/mol. The van der Waals surface area contributed by atoms with Crippen LogP contribution in [-0.4, -0.2) is 41.0 Å². The van der Waals surface area contributed by atoms with E-state index >= 15 is 0 Å². The van der Waals surface area contributed by atoms with Crippen LogP contribution in [0.25, 0.3) is 0 Å². The van der Waals surface area contributed by atoms with Crippen molar-refractivity contribution in [3.8, 4) is 0 Å². The number of rotatable bonds is 11. The summed E-state index contributed by atoms with van der Waals surface area (Å²) in [6.07, 6.45) is 1.57. The summed E-state index contributed by atoms with van der Waals surface area (Å²) in [5.74, 6) is -0.877. The van der Waals surface area contributed by atoms with Gasteiger partial charge in [0.05, 0.1) is 0 Å². The van der Waals surface area contributed by atoms with E-state index in [0.717, 1.165) is 22.3 Å². The van der Waals surface area contributed by atoms with Gasteiger partial charge in [0.1, 0.15) is 17.7 Å². The summed E-state index contributed by atoms with van der Waals surface area (Å²) in [6, 6.07) is 13.7. The van der Waals surface area contributed by atoms with Crippen molar-refractivity contribution in [2.45, 2.75) is 79.1 Å². The van der Waals surface area contributed by atoms with Gasteiger partial charge in [-0.3, -0.25) is 9.59 Å². The third-order valence-electron chi connectivity index (χ3n) is 6.36. The Morgan fingerprint density at radius 2 is 1.74 bits per heavy atom. The van der Waals surface area contributed by atoms with E-state index in [4.69, 9.17) is 4.74 Å². The highest BCUT2D eigenvalue weighted by Crippen LogP contribution is 2.28. The lowest BCUT2D eigenvalue weighted by molar-refractivity contribution is -0.142. The Hall–Kier alpha value is -3.61. The first-order chi connectivity index (χ1) is 17.9. The van der Waals surface area contributed by atoms with Gasteiger partial charge in [-0.05, 0) is 57.2 Å². The van der Waals surface area contributed by atoms with Gasteiger partial charge in [-0.2, -0.15) is 0 Å². The second-order valence-electron chi connectivity index (χ2n) is 10.8. The fourth-order valence-electron chi connectivity index (χ4n) is 4.14. The predicted octanol–water partition coefficient (Wildman–Crippen LogP) is 5.61. The molecule has 7 heteroatoms. The molecule has 206 valence electrons. The minimum atomic E-state index is -0.920. The zero-order chi connectivity index (χ0) is 28.5. The van der Waals surface area contributed by atoms with Gasteiger partial charge in [0.2, 0.25) is 11.8 Å². The normalized spacial score (nSPS) is 13.6. The molecule has 0 heterocycles. The number of ether oxygens (including phenoxy) is 1. The third kappa shape index (κ3) is 8.75. The van der Waals surface area contributed by atoms with Crippen LogP contribution < -0.4 is 10.6 Å². The Bertz CT molecular complexity index is 1110. The Balaban J connectivity index is 2.51. The van der Waals surface area contributed by atoms with Gasteiger partial charge in [0.15, 0.2) is 0 Å². The number of hydrogen-bond acceptors (Lipinski definition) is 4. The molecule has 0 fully saturated rings. The summed E-state index contributed by atoms with van der Waals surface area (Å²) in [5.41, 5.74) is 2.82. The summed E-state index contributed by atoms with van der Waals surface area (Å²) in [5, 5.41) is 5.79. The molecule has 3 atom stereocenters. The van der Waals surface area contributed by atoms with Crippen LogP contribution in [0.5, 0.6) is 0 Å². The van der Waals surface area contributed by atoms with Crippen LogP contribution in [0.2, 0.25) is 0 Å². The third-order valence-corrected chi connectivity index (χ3v) is 6.36. The van der Waals surface area contributed by atoms with Crippen LogP contribution in [0.15, 0.2) is 61.2 Å². The molecule has 0 bridgehead atoms. The van der Waals surface area contributed by atoms with Crippen molar-refractivity contribution in [3.63, 3.8) is 0 Å². The predicted molar refractivity (Wildman–Crippen MR) is 151 cm³/mol. The lowest BCUT2D eigenvalue weighted by atomic mass is 9.93. The van der Waals surface area contributed by atoms with E-state index in [9.17, 15) is 14.4 Å². The Labute approximate surface area is 227 Å². The molecule has 3 amide bonds. The van der Waals surface area contributed by atoms with Gasteiger partial charge in [-0.1, -0.05) is 80.4 Å². The zero-order valence-corrected chi connectivity index (χ0v) is 23.8. The second kappa shape index (κ2) is 13.8. The van der Waals surface area contributed by atoms with Crippen molar-refractivity contribution >= 4 is 17.9 Å². The molecule has 7 nitrogen and oxygen atoms in total. The van der Waals surface area contributed by atoms with Crippen molar-refractivity contribution in [1.29, 1.82) is 0 Å². The summed E-state index contributed by atoms with van der Waals surface area (Å²) in [6.45, 7) is 17.3. The SMILES string of the molecule is C=CCN(C(=O)C(NC(=O)OC(C)(C)C)C(C)CC)C(C(=O)NCc1ccccc1)c1cc(C)ccc1C. The number of amides is 3. The number of hydrogen-bond donors (Lipinski definition) is 2.